The molecule has 0 aromatic carbocycles. The lowest BCUT2D eigenvalue weighted by molar-refractivity contribution is 0.230. The Kier molecular flexibility index (Phi) is 2.87. The summed E-state index contributed by atoms with van der Waals surface area (Å²) in [5.74, 6) is 0. The molecule has 3 atom stereocenters. The van der Waals surface area contributed by atoms with Crippen LogP contribution in [0.5, 0.6) is 0 Å². The van der Waals surface area contributed by atoms with E-state index < -0.39 is 8.45 Å². The molecular weight excluding hydrogens is 159 g/mol. The van der Waals surface area contributed by atoms with Crippen LogP contribution in [0.4, 0.5) is 0 Å². The maximum Gasteiger partial charge on any atom is 0.187 e. The molecule has 3 unspecified atom stereocenters. The first-order valence-corrected chi connectivity index (χ1v) is 5.07. The van der Waals surface area contributed by atoms with Crippen molar-refractivity contribution in [2.45, 2.75) is 26.0 Å². The lowest BCUT2D eigenvalue weighted by Gasteiger charge is -2.24. The van der Waals surface area contributed by atoms with Crippen molar-refractivity contribution in [3.8, 4) is 0 Å². The quantitative estimate of drug-likeness (QED) is 0.563. The molecule has 1 heterocycles. The summed E-state index contributed by atoms with van der Waals surface area (Å²) in [5.41, 5.74) is 0. The normalized spacial score (nSPS) is 40.4. The van der Waals surface area contributed by atoms with Crippen LogP contribution in [0.1, 0.15) is 13.8 Å². The van der Waals surface area contributed by atoms with E-state index in [4.69, 9.17) is 4.52 Å². The number of nitrogens with zero attached hydrogens (tertiary/aromatic N) is 2. The molecule has 1 aliphatic rings. The summed E-state index contributed by atoms with van der Waals surface area (Å²) in [6.07, 6.45) is 0.369. The Balaban J connectivity index is 2.59. The van der Waals surface area contributed by atoms with Crippen LogP contribution in [0.3, 0.4) is 0 Å². The van der Waals surface area contributed by atoms with E-state index in [0.29, 0.717) is 12.1 Å². The summed E-state index contributed by atoms with van der Waals surface area (Å²) < 4.78 is 10.2. The van der Waals surface area contributed by atoms with Crippen LogP contribution >= 0.6 is 8.45 Å². The lowest BCUT2D eigenvalue weighted by atomic mass is 10.2. The van der Waals surface area contributed by atoms with E-state index in [2.05, 4.69) is 44.3 Å². The highest BCUT2D eigenvalue weighted by Crippen LogP contribution is 2.51. The Bertz CT molecular complexity index is 142. The third kappa shape index (κ3) is 1.73. The van der Waals surface area contributed by atoms with E-state index in [-0.39, 0.29) is 0 Å². The van der Waals surface area contributed by atoms with Gasteiger partial charge in [0.25, 0.3) is 0 Å². The monoisotopic (exact) mass is 176 g/mol. The van der Waals surface area contributed by atoms with Gasteiger partial charge in [0.2, 0.25) is 0 Å². The van der Waals surface area contributed by atoms with Gasteiger partial charge in [-0.15, -0.1) is 0 Å². The predicted molar refractivity (Wildman–Crippen MR) is 48.4 cm³/mol. The third-order valence-corrected chi connectivity index (χ3v) is 4.25. The molecule has 0 spiro atoms. The zero-order chi connectivity index (χ0) is 8.59. The molecule has 0 aliphatic carbocycles. The molecule has 1 saturated heterocycles. The summed E-state index contributed by atoms with van der Waals surface area (Å²) >= 11 is 0. The van der Waals surface area contributed by atoms with E-state index >= 15 is 0 Å². The second-order valence-electron chi connectivity index (χ2n) is 3.22. The fourth-order valence-electron chi connectivity index (χ4n) is 1.15. The first-order valence-electron chi connectivity index (χ1n) is 3.91. The molecule has 0 bridgehead atoms. The summed E-state index contributed by atoms with van der Waals surface area (Å²) in [4.78, 5) is 0. The number of hydrogen-bond donors (Lipinski definition) is 0. The molecule has 0 N–H and O–H groups in total. The van der Waals surface area contributed by atoms with Crippen molar-refractivity contribution in [1.29, 1.82) is 0 Å². The molecule has 0 amide bonds. The van der Waals surface area contributed by atoms with Crippen molar-refractivity contribution in [3.05, 3.63) is 0 Å². The second-order valence-corrected chi connectivity index (χ2v) is 5.37. The smallest absolute Gasteiger partial charge is 0.187 e. The van der Waals surface area contributed by atoms with Gasteiger partial charge >= 0.3 is 0 Å². The van der Waals surface area contributed by atoms with Gasteiger partial charge < -0.3 is 4.52 Å². The van der Waals surface area contributed by atoms with Gasteiger partial charge in [0, 0.05) is 6.04 Å². The van der Waals surface area contributed by atoms with Crippen LogP contribution in [-0.2, 0) is 4.52 Å². The highest BCUT2D eigenvalue weighted by Gasteiger charge is 2.36. The van der Waals surface area contributed by atoms with Crippen LogP contribution in [0.15, 0.2) is 0 Å². The van der Waals surface area contributed by atoms with Crippen LogP contribution < -0.4 is 0 Å². The van der Waals surface area contributed by atoms with Gasteiger partial charge in [-0.25, -0.2) is 4.67 Å². The Hall–Kier alpha value is 0.310. The molecule has 4 heteroatoms. The van der Waals surface area contributed by atoms with Crippen LogP contribution in [0.2, 0.25) is 0 Å². The molecule has 11 heavy (non-hydrogen) atoms. The van der Waals surface area contributed by atoms with Gasteiger partial charge in [-0.1, -0.05) is 0 Å². The summed E-state index contributed by atoms with van der Waals surface area (Å²) in [7, 11) is 5.77. The number of rotatable bonds is 1. The van der Waals surface area contributed by atoms with Crippen molar-refractivity contribution in [2.24, 2.45) is 0 Å². The third-order valence-electron chi connectivity index (χ3n) is 2.14. The molecule has 0 aromatic heterocycles. The first kappa shape index (κ1) is 9.40. The number of hydrogen-bond acceptors (Lipinski definition) is 3. The molecule has 3 nitrogen and oxygen atoms in total. The number of likely N-dealkylation sites (N-methyl/N-ethyl adjacent to an activating group) is 1. The average Bonchev–Trinajstić information content (AvgIpc) is 2.17. The van der Waals surface area contributed by atoms with Crippen molar-refractivity contribution >= 4 is 8.45 Å². The fourth-order valence-corrected chi connectivity index (χ4v) is 3.02. The standard InChI is InChI=1S/C7H17N2OP/c1-6-7(2)10-11(8(3)4)9(6)5/h6-7H,1-5H3. The van der Waals surface area contributed by atoms with Crippen LogP contribution in [-0.4, -0.2) is 42.6 Å². The molecule has 0 radical (unpaired) electrons. The van der Waals surface area contributed by atoms with E-state index in [9.17, 15) is 0 Å². The lowest BCUT2D eigenvalue weighted by Crippen LogP contribution is -2.26. The van der Waals surface area contributed by atoms with E-state index in [0.717, 1.165) is 0 Å². The van der Waals surface area contributed by atoms with Crippen molar-refractivity contribution in [3.63, 3.8) is 0 Å². The summed E-state index contributed by atoms with van der Waals surface area (Å²) in [6.45, 7) is 4.34. The van der Waals surface area contributed by atoms with Gasteiger partial charge in [0.15, 0.2) is 8.45 Å². The maximum atomic E-state index is 5.76. The Morgan fingerprint density at radius 1 is 1.36 bits per heavy atom. The Morgan fingerprint density at radius 2 is 1.91 bits per heavy atom. The van der Waals surface area contributed by atoms with Gasteiger partial charge in [-0.3, -0.25) is 4.67 Å². The Labute approximate surface area is 70.3 Å². The molecule has 66 valence electrons. The van der Waals surface area contributed by atoms with Gasteiger partial charge in [-0.2, -0.15) is 0 Å². The summed E-state index contributed by atoms with van der Waals surface area (Å²) in [6, 6.07) is 0.545. The van der Waals surface area contributed by atoms with E-state index in [1.54, 1.807) is 0 Å². The largest absolute Gasteiger partial charge is 0.327 e. The molecular formula is C7H17N2OP. The van der Waals surface area contributed by atoms with Crippen LogP contribution in [0, 0.1) is 0 Å². The van der Waals surface area contributed by atoms with Crippen molar-refractivity contribution in [2.75, 3.05) is 21.1 Å². The zero-order valence-corrected chi connectivity index (χ0v) is 8.80. The van der Waals surface area contributed by atoms with Crippen LogP contribution in [0.25, 0.3) is 0 Å². The molecule has 0 saturated carbocycles. The van der Waals surface area contributed by atoms with E-state index in [1.165, 1.54) is 0 Å². The fraction of sp³-hybridized carbons (Fsp3) is 1.00. The minimum absolute atomic E-state index is 0.369. The minimum atomic E-state index is -0.477. The van der Waals surface area contributed by atoms with Gasteiger partial charge in [0.1, 0.15) is 0 Å². The maximum absolute atomic E-state index is 5.76. The van der Waals surface area contributed by atoms with Gasteiger partial charge in [-0.05, 0) is 35.0 Å². The summed E-state index contributed by atoms with van der Waals surface area (Å²) in [5, 5.41) is 0. The van der Waals surface area contributed by atoms with E-state index in [1.807, 2.05) is 0 Å². The SMILES string of the molecule is CC1OP(N(C)C)N(C)C1C. The molecule has 1 rings (SSSR count). The first-order chi connectivity index (χ1) is 5.04. The minimum Gasteiger partial charge on any atom is -0.327 e. The molecule has 1 fully saturated rings. The molecule has 0 aromatic rings. The Morgan fingerprint density at radius 3 is 2.09 bits per heavy atom. The highest BCUT2D eigenvalue weighted by molar-refractivity contribution is 7.47. The average molecular weight is 176 g/mol. The van der Waals surface area contributed by atoms with Crippen molar-refractivity contribution in [1.82, 2.24) is 9.34 Å². The zero-order valence-electron chi connectivity index (χ0n) is 7.90. The second kappa shape index (κ2) is 3.36. The topological polar surface area (TPSA) is 15.7 Å². The highest BCUT2D eigenvalue weighted by atomic mass is 31.2. The van der Waals surface area contributed by atoms with Gasteiger partial charge in [0.05, 0.1) is 6.10 Å². The predicted octanol–water partition coefficient (Wildman–Crippen LogP) is 1.51. The molecule has 1 aliphatic heterocycles. The van der Waals surface area contributed by atoms with Crippen molar-refractivity contribution < 1.29 is 4.52 Å².